The van der Waals surface area contributed by atoms with Gasteiger partial charge in [0, 0.05) is 18.9 Å². The van der Waals surface area contributed by atoms with Crippen molar-refractivity contribution >= 4 is 29.5 Å². The van der Waals surface area contributed by atoms with E-state index in [1.165, 1.54) is 19.1 Å². The maximum absolute atomic E-state index is 13.4. The van der Waals surface area contributed by atoms with Crippen LogP contribution in [0.3, 0.4) is 0 Å². The van der Waals surface area contributed by atoms with Crippen molar-refractivity contribution < 1.29 is 29.1 Å². The van der Waals surface area contributed by atoms with Crippen molar-refractivity contribution in [1.29, 1.82) is 0 Å². The van der Waals surface area contributed by atoms with Crippen molar-refractivity contribution in [3.63, 3.8) is 0 Å². The Balaban J connectivity index is 2.39. The molecule has 5 atom stereocenters. The van der Waals surface area contributed by atoms with Gasteiger partial charge in [0.1, 0.15) is 23.9 Å². The van der Waals surface area contributed by atoms with E-state index in [1.54, 1.807) is 45.1 Å². The highest BCUT2D eigenvalue weighted by atomic mass is 16.3. The fraction of sp³-hybridized carbons (Fsp3) is 0.519. The Hall–Kier alpha value is -3.89. The summed E-state index contributed by atoms with van der Waals surface area (Å²) < 4.78 is 0. The Kier molecular flexibility index (Phi) is 11.3. The van der Waals surface area contributed by atoms with Gasteiger partial charge in [-0.1, -0.05) is 45.1 Å². The zero-order valence-electron chi connectivity index (χ0n) is 22.3. The minimum absolute atomic E-state index is 0.0660. The van der Waals surface area contributed by atoms with Gasteiger partial charge in [-0.2, -0.15) is 0 Å². The summed E-state index contributed by atoms with van der Waals surface area (Å²) in [6, 6.07) is 2.73. The van der Waals surface area contributed by atoms with E-state index in [2.05, 4.69) is 21.3 Å². The monoisotopic (exact) mass is 529 g/mol. The van der Waals surface area contributed by atoms with Crippen molar-refractivity contribution in [3.05, 3.63) is 42.0 Å². The van der Waals surface area contributed by atoms with Gasteiger partial charge in [0.25, 0.3) is 0 Å². The van der Waals surface area contributed by atoms with Crippen LogP contribution in [-0.4, -0.2) is 58.8 Å². The van der Waals surface area contributed by atoms with E-state index in [4.69, 9.17) is 5.73 Å². The van der Waals surface area contributed by atoms with Crippen LogP contribution in [0.25, 0.3) is 0 Å². The molecule has 0 spiro atoms. The number of hydrogen-bond donors (Lipinski definition) is 6. The average Bonchev–Trinajstić information content (AvgIpc) is 2.85. The number of phenols is 1. The molecular formula is C27H39N5O6. The van der Waals surface area contributed by atoms with E-state index in [0.29, 0.717) is 12.0 Å². The van der Waals surface area contributed by atoms with Crippen LogP contribution in [-0.2, 0) is 30.4 Å². The first-order valence-corrected chi connectivity index (χ1v) is 12.8. The molecule has 1 aliphatic rings. The number of phenolic OH excluding ortho intramolecular Hbond substituents is 1. The van der Waals surface area contributed by atoms with E-state index in [0.717, 1.165) is 0 Å². The van der Waals surface area contributed by atoms with E-state index in [9.17, 15) is 29.1 Å². The molecule has 0 bridgehead atoms. The molecule has 1 fully saturated rings. The maximum atomic E-state index is 13.4. The first-order chi connectivity index (χ1) is 17.9. The van der Waals surface area contributed by atoms with Gasteiger partial charge in [-0.15, -0.1) is 0 Å². The molecule has 1 unspecified atom stereocenters. The highest BCUT2D eigenvalue weighted by Gasteiger charge is 2.34. The van der Waals surface area contributed by atoms with Gasteiger partial charge < -0.3 is 32.1 Å². The Morgan fingerprint density at radius 2 is 1.58 bits per heavy atom. The van der Waals surface area contributed by atoms with Crippen molar-refractivity contribution in [2.75, 3.05) is 0 Å². The number of rotatable bonds is 8. The van der Waals surface area contributed by atoms with Crippen molar-refractivity contribution in [2.24, 2.45) is 17.6 Å². The number of carbonyl (C=O) groups is 5. The fourth-order valence-electron chi connectivity index (χ4n) is 4.00. The SMILES string of the molecule is CC(C)C1NC(=O)[C@@H](C)[C@@H](C/C=C\CCC(N)=O)NC(=O)[C@@H](Cc2ccc(O)cc2)NC(=O)[C@@H](C)NC1=O. The average molecular weight is 530 g/mol. The molecular weight excluding hydrogens is 490 g/mol. The molecule has 208 valence electrons. The molecule has 1 aromatic carbocycles. The van der Waals surface area contributed by atoms with Gasteiger partial charge >= 0.3 is 0 Å². The van der Waals surface area contributed by atoms with Crippen LogP contribution < -0.4 is 27.0 Å². The second kappa shape index (κ2) is 14.2. The summed E-state index contributed by atoms with van der Waals surface area (Å²) in [5.74, 6) is -3.32. The molecule has 1 aromatic rings. The second-order valence-corrected chi connectivity index (χ2v) is 10.0. The van der Waals surface area contributed by atoms with E-state index < -0.39 is 59.6 Å². The maximum Gasteiger partial charge on any atom is 0.243 e. The van der Waals surface area contributed by atoms with Gasteiger partial charge in [-0.25, -0.2) is 0 Å². The highest BCUT2D eigenvalue weighted by Crippen LogP contribution is 2.15. The molecule has 1 heterocycles. The van der Waals surface area contributed by atoms with E-state index in [-0.39, 0.29) is 30.9 Å². The molecule has 7 N–H and O–H groups in total. The molecule has 0 saturated carbocycles. The summed E-state index contributed by atoms with van der Waals surface area (Å²) >= 11 is 0. The molecule has 0 aromatic heterocycles. The zero-order chi connectivity index (χ0) is 28.4. The summed E-state index contributed by atoms with van der Waals surface area (Å²) in [4.78, 5) is 63.6. The van der Waals surface area contributed by atoms with Crippen LogP contribution >= 0.6 is 0 Å². The second-order valence-electron chi connectivity index (χ2n) is 10.0. The normalized spacial score (nSPS) is 25.4. The molecule has 38 heavy (non-hydrogen) atoms. The Morgan fingerprint density at radius 3 is 2.18 bits per heavy atom. The lowest BCUT2D eigenvalue weighted by Crippen LogP contribution is -2.56. The molecule has 1 saturated heterocycles. The standard InChI is InChI=1S/C27H39N5O6/c1-15(2)23-27(38)29-17(4)25(36)31-21(14-18-10-12-19(33)13-11-18)26(37)30-20(16(3)24(35)32-23)8-6-5-7-9-22(28)34/h5-6,10-13,15-17,20-21,23,33H,7-9,14H2,1-4H3,(H2,28,34)(H,29,38)(H,30,37)(H,31,36)(H,32,35)/b6-5-/t16-,17+,20+,21+,23?/m0/s1. The molecule has 11 heteroatoms. The van der Waals surface area contributed by atoms with E-state index >= 15 is 0 Å². The third-order valence-corrected chi connectivity index (χ3v) is 6.47. The van der Waals surface area contributed by atoms with Crippen LogP contribution in [0, 0.1) is 11.8 Å². The van der Waals surface area contributed by atoms with Crippen molar-refractivity contribution in [3.8, 4) is 5.75 Å². The lowest BCUT2D eigenvalue weighted by atomic mass is 9.94. The number of hydrogen-bond acceptors (Lipinski definition) is 6. The number of amides is 5. The molecule has 5 amide bonds. The highest BCUT2D eigenvalue weighted by molar-refractivity contribution is 5.95. The Morgan fingerprint density at radius 1 is 0.921 bits per heavy atom. The summed E-state index contributed by atoms with van der Waals surface area (Å²) in [5, 5.41) is 20.6. The summed E-state index contributed by atoms with van der Waals surface area (Å²) in [6.45, 7) is 6.73. The minimum Gasteiger partial charge on any atom is -0.508 e. The first kappa shape index (κ1) is 30.3. The first-order valence-electron chi connectivity index (χ1n) is 12.8. The van der Waals surface area contributed by atoms with Gasteiger partial charge in [0.05, 0.1) is 5.92 Å². The number of allylic oxidation sites excluding steroid dienone is 1. The van der Waals surface area contributed by atoms with Crippen LogP contribution in [0.2, 0.25) is 0 Å². The predicted octanol–water partition coefficient (Wildman–Crippen LogP) is 0.411. The number of primary amides is 1. The molecule has 11 nitrogen and oxygen atoms in total. The largest absolute Gasteiger partial charge is 0.508 e. The van der Waals surface area contributed by atoms with Crippen molar-refractivity contribution in [2.45, 2.75) is 77.5 Å². The summed E-state index contributed by atoms with van der Waals surface area (Å²) in [5.41, 5.74) is 5.87. The fourth-order valence-corrected chi connectivity index (χ4v) is 4.00. The number of aromatic hydroxyl groups is 1. The van der Waals surface area contributed by atoms with Gasteiger partial charge in [0.15, 0.2) is 0 Å². The third kappa shape index (κ3) is 9.20. The quantitative estimate of drug-likeness (QED) is 0.265. The van der Waals surface area contributed by atoms with Crippen LogP contribution in [0.4, 0.5) is 0 Å². The van der Waals surface area contributed by atoms with E-state index in [1.807, 2.05) is 0 Å². The smallest absolute Gasteiger partial charge is 0.243 e. The lowest BCUT2D eigenvalue weighted by Gasteiger charge is -2.28. The third-order valence-electron chi connectivity index (χ3n) is 6.47. The number of nitrogens with one attached hydrogen (secondary N) is 4. The Bertz CT molecular complexity index is 1040. The number of carbonyl (C=O) groups excluding carboxylic acids is 5. The zero-order valence-corrected chi connectivity index (χ0v) is 22.3. The van der Waals surface area contributed by atoms with Gasteiger partial charge in [0.2, 0.25) is 29.5 Å². The lowest BCUT2D eigenvalue weighted by molar-refractivity contribution is -0.134. The molecule has 1 aliphatic heterocycles. The molecule has 2 rings (SSSR count). The van der Waals surface area contributed by atoms with Crippen LogP contribution in [0.15, 0.2) is 36.4 Å². The minimum atomic E-state index is -1.01. The molecule has 0 radical (unpaired) electrons. The molecule has 0 aliphatic carbocycles. The van der Waals surface area contributed by atoms with Crippen LogP contribution in [0.5, 0.6) is 5.75 Å². The van der Waals surface area contributed by atoms with Gasteiger partial charge in [-0.05, 0) is 43.4 Å². The Labute approximate surface area is 223 Å². The predicted molar refractivity (Wildman–Crippen MR) is 141 cm³/mol. The number of benzene rings is 1. The number of nitrogens with two attached hydrogens (primary N) is 1. The summed E-state index contributed by atoms with van der Waals surface area (Å²) in [6.07, 6.45) is 4.50. The van der Waals surface area contributed by atoms with Crippen molar-refractivity contribution in [1.82, 2.24) is 21.3 Å². The topological polar surface area (TPSA) is 180 Å². The van der Waals surface area contributed by atoms with Crippen LogP contribution in [0.1, 0.15) is 52.5 Å². The summed E-state index contributed by atoms with van der Waals surface area (Å²) in [7, 11) is 0. The van der Waals surface area contributed by atoms with Gasteiger partial charge in [-0.3, -0.25) is 24.0 Å².